The van der Waals surface area contributed by atoms with Crippen molar-refractivity contribution in [3.63, 3.8) is 0 Å². The van der Waals surface area contributed by atoms with Crippen LogP contribution >= 0.6 is 0 Å². The van der Waals surface area contributed by atoms with Crippen LogP contribution in [0.3, 0.4) is 0 Å². The Morgan fingerprint density at radius 1 is 1.32 bits per heavy atom. The van der Waals surface area contributed by atoms with Crippen molar-refractivity contribution in [2.75, 3.05) is 31.6 Å². The van der Waals surface area contributed by atoms with Crippen molar-refractivity contribution in [2.45, 2.75) is 18.6 Å². The van der Waals surface area contributed by atoms with Crippen LogP contribution in [0.5, 0.6) is 0 Å². The summed E-state index contributed by atoms with van der Waals surface area (Å²) in [6.07, 6.45) is 1.24. The van der Waals surface area contributed by atoms with Gasteiger partial charge >= 0.3 is 6.03 Å². The van der Waals surface area contributed by atoms with E-state index in [9.17, 15) is 9.18 Å². The Hall–Kier alpha value is -2.17. The van der Waals surface area contributed by atoms with E-state index in [-0.39, 0.29) is 11.6 Å². The number of nitriles is 1. The maximum atomic E-state index is 13.1. The molecule has 0 saturated carbocycles. The predicted octanol–water partition coefficient (Wildman–Crippen LogP) is 2.07. The number of hydrogen-bond acceptors (Lipinski definition) is 4. The number of rotatable bonds is 1. The van der Waals surface area contributed by atoms with Crippen LogP contribution in [0.4, 0.5) is 14.9 Å². The minimum atomic E-state index is -0.537. The van der Waals surface area contributed by atoms with E-state index in [4.69, 9.17) is 14.7 Å². The van der Waals surface area contributed by atoms with Crippen LogP contribution < -0.4 is 5.32 Å². The lowest BCUT2D eigenvalue weighted by atomic mass is 10.0. The third-order valence-corrected chi connectivity index (χ3v) is 3.97. The lowest BCUT2D eigenvalue weighted by molar-refractivity contribution is -0.181. The average Bonchev–Trinajstić information content (AvgIpc) is 2.97. The van der Waals surface area contributed by atoms with Crippen molar-refractivity contribution < 1.29 is 18.7 Å². The number of urea groups is 1. The van der Waals surface area contributed by atoms with E-state index in [1.807, 2.05) is 6.07 Å². The van der Waals surface area contributed by atoms with E-state index in [0.717, 1.165) is 6.07 Å². The van der Waals surface area contributed by atoms with E-state index in [0.29, 0.717) is 44.8 Å². The molecule has 2 fully saturated rings. The normalized spacial score (nSPS) is 19.9. The third-order valence-electron chi connectivity index (χ3n) is 3.97. The smallest absolute Gasteiger partial charge is 0.321 e. The lowest BCUT2D eigenvalue weighted by Gasteiger charge is -2.37. The first kappa shape index (κ1) is 14.8. The summed E-state index contributed by atoms with van der Waals surface area (Å²) in [7, 11) is 0. The summed E-state index contributed by atoms with van der Waals surface area (Å²) in [5.41, 5.74) is 0.409. The van der Waals surface area contributed by atoms with Crippen molar-refractivity contribution in [2.24, 2.45) is 0 Å². The van der Waals surface area contributed by atoms with Gasteiger partial charge < -0.3 is 19.7 Å². The standard InChI is InChI=1S/C15H16FN3O3/c16-12-1-2-13(11(9-12)10-17)18-14(20)19-5-3-15(4-6-19)21-7-8-22-15/h1-2,9H,3-8H2,(H,18,20). The molecule has 116 valence electrons. The number of nitrogens with zero attached hydrogens (tertiary/aromatic N) is 2. The zero-order chi connectivity index (χ0) is 15.6. The second kappa shape index (κ2) is 5.91. The molecule has 1 N–H and O–H groups in total. The maximum absolute atomic E-state index is 13.1. The fourth-order valence-corrected chi connectivity index (χ4v) is 2.75. The van der Waals surface area contributed by atoms with Gasteiger partial charge in [0.25, 0.3) is 0 Å². The minimum Gasteiger partial charge on any atom is -0.347 e. The molecular weight excluding hydrogens is 289 g/mol. The van der Waals surface area contributed by atoms with Gasteiger partial charge in [-0.1, -0.05) is 0 Å². The highest BCUT2D eigenvalue weighted by atomic mass is 19.1. The van der Waals surface area contributed by atoms with Crippen LogP contribution in [-0.2, 0) is 9.47 Å². The molecule has 2 heterocycles. The van der Waals surface area contributed by atoms with Gasteiger partial charge in [0, 0.05) is 25.9 Å². The zero-order valence-corrected chi connectivity index (χ0v) is 12.0. The van der Waals surface area contributed by atoms with Gasteiger partial charge in [-0.15, -0.1) is 0 Å². The predicted molar refractivity (Wildman–Crippen MR) is 75.6 cm³/mol. The number of nitrogens with one attached hydrogen (secondary N) is 1. The quantitative estimate of drug-likeness (QED) is 0.862. The summed E-state index contributed by atoms with van der Waals surface area (Å²) in [4.78, 5) is 13.9. The molecule has 2 amide bonds. The second-order valence-electron chi connectivity index (χ2n) is 5.33. The lowest BCUT2D eigenvalue weighted by Crippen LogP contribution is -2.48. The summed E-state index contributed by atoms with van der Waals surface area (Å²) in [6, 6.07) is 5.26. The first-order valence-corrected chi connectivity index (χ1v) is 7.15. The topological polar surface area (TPSA) is 74.6 Å². The number of benzene rings is 1. The maximum Gasteiger partial charge on any atom is 0.321 e. The van der Waals surface area contributed by atoms with E-state index in [1.165, 1.54) is 12.1 Å². The van der Waals surface area contributed by atoms with Gasteiger partial charge in [0.1, 0.15) is 11.9 Å². The Labute approximate surface area is 127 Å². The van der Waals surface area contributed by atoms with Crippen LogP contribution in [-0.4, -0.2) is 43.0 Å². The fourth-order valence-electron chi connectivity index (χ4n) is 2.75. The number of halogens is 1. The highest BCUT2D eigenvalue weighted by Crippen LogP contribution is 2.31. The molecule has 0 atom stereocenters. The average molecular weight is 305 g/mol. The number of carbonyl (C=O) groups is 1. The van der Waals surface area contributed by atoms with Crippen LogP contribution in [0, 0.1) is 17.1 Å². The summed E-state index contributed by atoms with van der Waals surface area (Å²) >= 11 is 0. The molecule has 0 unspecified atom stereocenters. The number of likely N-dealkylation sites (tertiary alicyclic amines) is 1. The number of amides is 2. The molecule has 7 heteroatoms. The Kier molecular flexibility index (Phi) is 3.96. The summed E-state index contributed by atoms with van der Waals surface area (Å²) < 4.78 is 24.3. The molecule has 2 aliphatic rings. The highest BCUT2D eigenvalue weighted by molar-refractivity contribution is 5.90. The molecule has 0 bridgehead atoms. The van der Waals surface area contributed by atoms with Gasteiger partial charge in [0.15, 0.2) is 5.79 Å². The van der Waals surface area contributed by atoms with Crippen LogP contribution in [0.15, 0.2) is 18.2 Å². The van der Waals surface area contributed by atoms with Gasteiger partial charge in [-0.3, -0.25) is 0 Å². The molecule has 3 rings (SSSR count). The number of ether oxygens (including phenoxy) is 2. The first-order valence-electron chi connectivity index (χ1n) is 7.15. The Morgan fingerprint density at radius 2 is 2.00 bits per heavy atom. The molecule has 0 radical (unpaired) electrons. The van der Waals surface area contributed by atoms with Crippen molar-refractivity contribution in [1.82, 2.24) is 4.90 Å². The van der Waals surface area contributed by atoms with Gasteiger partial charge in [-0.25, -0.2) is 9.18 Å². The SMILES string of the molecule is N#Cc1cc(F)ccc1NC(=O)N1CCC2(CC1)OCCO2. The van der Waals surface area contributed by atoms with Crippen LogP contribution in [0.2, 0.25) is 0 Å². The van der Waals surface area contributed by atoms with Crippen molar-refractivity contribution in [3.8, 4) is 6.07 Å². The summed E-state index contributed by atoms with van der Waals surface area (Å²) in [6.45, 7) is 2.20. The fraction of sp³-hybridized carbons (Fsp3) is 0.467. The van der Waals surface area contributed by atoms with Crippen LogP contribution in [0.1, 0.15) is 18.4 Å². The highest BCUT2D eigenvalue weighted by Gasteiger charge is 2.40. The van der Waals surface area contributed by atoms with E-state index < -0.39 is 11.6 Å². The monoisotopic (exact) mass is 305 g/mol. The Balaban J connectivity index is 1.62. The zero-order valence-electron chi connectivity index (χ0n) is 12.0. The Morgan fingerprint density at radius 3 is 2.64 bits per heavy atom. The molecule has 0 aromatic heterocycles. The number of anilines is 1. The van der Waals surface area contributed by atoms with Crippen LogP contribution in [0.25, 0.3) is 0 Å². The van der Waals surface area contributed by atoms with Crippen molar-refractivity contribution in [1.29, 1.82) is 5.26 Å². The van der Waals surface area contributed by atoms with Gasteiger partial charge in [0.2, 0.25) is 0 Å². The number of carbonyl (C=O) groups excluding carboxylic acids is 1. The van der Waals surface area contributed by atoms with Crippen molar-refractivity contribution >= 4 is 11.7 Å². The van der Waals surface area contributed by atoms with Gasteiger partial charge in [-0.05, 0) is 18.2 Å². The van der Waals surface area contributed by atoms with E-state index in [1.54, 1.807) is 4.90 Å². The molecule has 1 spiro atoms. The third kappa shape index (κ3) is 2.89. The summed E-state index contributed by atoms with van der Waals surface area (Å²) in [5, 5.41) is 11.6. The van der Waals surface area contributed by atoms with Crippen molar-refractivity contribution in [3.05, 3.63) is 29.6 Å². The molecule has 22 heavy (non-hydrogen) atoms. The molecule has 1 aromatic carbocycles. The van der Waals surface area contributed by atoms with E-state index in [2.05, 4.69) is 5.32 Å². The number of piperidine rings is 1. The molecule has 2 saturated heterocycles. The van der Waals surface area contributed by atoms with Gasteiger partial charge in [-0.2, -0.15) is 5.26 Å². The molecule has 6 nitrogen and oxygen atoms in total. The van der Waals surface area contributed by atoms with E-state index >= 15 is 0 Å². The molecule has 1 aromatic rings. The molecule has 2 aliphatic heterocycles. The Bertz CT molecular complexity index is 613. The summed E-state index contributed by atoms with van der Waals surface area (Å²) in [5.74, 6) is -1.05. The second-order valence-corrected chi connectivity index (χ2v) is 5.33. The van der Waals surface area contributed by atoms with Gasteiger partial charge in [0.05, 0.1) is 24.5 Å². The largest absolute Gasteiger partial charge is 0.347 e. The first-order chi connectivity index (χ1) is 10.6. The number of hydrogen-bond donors (Lipinski definition) is 1. The minimum absolute atomic E-state index is 0.101. The molecule has 0 aliphatic carbocycles. The molecular formula is C15H16FN3O3.